The highest BCUT2D eigenvalue weighted by atomic mass is 19.3. The summed E-state index contributed by atoms with van der Waals surface area (Å²) in [6.45, 7) is 0.143. The summed E-state index contributed by atoms with van der Waals surface area (Å²) in [5.74, 6) is 0.229. The molecule has 1 amide bonds. The van der Waals surface area contributed by atoms with E-state index in [1.807, 2.05) is 0 Å². The van der Waals surface area contributed by atoms with Crippen LogP contribution >= 0.6 is 0 Å². The topological polar surface area (TPSA) is 70.2 Å². The van der Waals surface area contributed by atoms with E-state index in [2.05, 4.69) is 25.2 Å². The molecule has 1 aromatic carbocycles. The van der Waals surface area contributed by atoms with Crippen molar-refractivity contribution < 1.29 is 18.3 Å². The van der Waals surface area contributed by atoms with Gasteiger partial charge < -0.3 is 15.0 Å². The van der Waals surface area contributed by atoms with E-state index in [0.717, 1.165) is 32.5 Å². The Labute approximate surface area is 137 Å². The van der Waals surface area contributed by atoms with Gasteiger partial charge in [-0.3, -0.25) is 9.89 Å². The summed E-state index contributed by atoms with van der Waals surface area (Å²) in [6, 6.07) is 4.52. The average molecular weight is 336 g/mol. The molecule has 4 heterocycles. The second-order valence-electron chi connectivity index (χ2n) is 6.38. The number of carbonyl (C=O) groups excluding carboxylic acids is 1. The summed E-state index contributed by atoms with van der Waals surface area (Å²) in [5, 5.41) is 10.3. The van der Waals surface area contributed by atoms with Gasteiger partial charge in [0.2, 0.25) is 0 Å². The third-order valence-corrected chi connectivity index (χ3v) is 4.95. The number of alkyl halides is 2. The highest BCUT2D eigenvalue weighted by molar-refractivity contribution is 6.05. The van der Waals surface area contributed by atoms with E-state index in [9.17, 15) is 13.6 Å². The fraction of sp³-hybridized carbons (Fsp3) is 0.500. The smallest absolute Gasteiger partial charge is 0.387 e. The SMILES string of the molecule is O=C(N[C@@H]1CN2CCC1CC2)c1n[nH]c2ccc(OC(F)F)cc12. The number of hydrogen-bond donors (Lipinski definition) is 2. The molecule has 2 aromatic rings. The van der Waals surface area contributed by atoms with Crippen molar-refractivity contribution in [1.29, 1.82) is 0 Å². The number of amides is 1. The molecule has 8 heteroatoms. The first-order valence-electron chi connectivity index (χ1n) is 8.06. The molecule has 24 heavy (non-hydrogen) atoms. The van der Waals surface area contributed by atoms with Crippen molar-refractivity contribution >= 4 is 16.8 Å². The van der Waals surface area contributed by atoms with Crippen molar-refractivity contribution in [2.45, 2.75) is 25.5 Å². The van der Waals surface area contributed by atoms with Crippen LogP contribution in [-0.4, -0.2) is 53.3 Å². The number of aromatic amines is 1. The molecule has 0 radical (unpaired) electrons. The lowest BCUT2D eigenvalue weighted by Gasteiger charge is -2.44. The first kappa shape index (κ1) is 15.3. The Morgan fingerprint density at radius 2 is 2.17 bits per heavy atom. The molecule has 3 aliphatic rings. The number of nitrogens with zero attached hydrogens (tertiary/aromatic N) is 2. The van der Waals surface area contributed by atoms with Crippen LogP contribution in [0.5, 0.6) is 5.75 Å². The third-order valence-electron chi connectivity index (χ3n) is 4.95. The normalized spacial score (nSPS) is 26.0. The predicted molar refractivity (Wildman–Crippen MR) is 83.1 cm³/mol. The van der Waals surface area contributed by atoms with E-state index >= 15 is 0 Å². The number of carbonyl (C=O) groups is 1. The zero-order chi connectivity index (χ0) is 16.7. The van der Waals surface area contributed by atoms with Gasteiger partial charge >= 0.3 is 6.61 Å². The second kappa shape index (κ2) is 6.01. The molecule has 1 aromatic heterocycles. The minimum absolute atomic E-state index is 0.00999. The Balaban J connectivity index is 1.55. The standard InChI is InChI=1S/C16H18F2N4O2/c17-16(18)24-10-1-2-12-11(7-10)14(21-20-12)15(23)19-13-8-22-5-3-9(13)4-6-22/h1-2,7,9,13,16H,3-6,8H2,(H,19,23)(H,20,21)/t13-/m1/s1. The zero-order valence-electron chi connectivity index (χ0n) is 13.0. The van der Waals surface area contributed by atoms with E-state index in [0.29, 0.717) is 16.8 Å². The predicted octanol–water partition coefficient (Wildman–Crippen LogP) is 1.99. The maximum atomic E-state index is 12.6. The van der Waals surface area contributed by atoms with E-state index in [1.54, 1.807) is 6.07 Å². The number of ether oxygens (including phenoxy) is 1. The summed E-state index contributed by atoms with van der Waals surface area (Å²) >= 11 is 0. The fourth-order valence-electron chi connectivity index (χ4n) is 3.71. The van der Waals surface area contributed by atoms with Crippen LogP contribution in [0.15, 0.2) is 18.2 Å². The second-order valence-corrected chi connectivity index (χ2v) is 6.38. The molecule has 128 valence electrons. The van der Waals surface area contributed by atoms with Crippen molar-refractivity contribution in [3.8, 4) is 5.75 Å². The van der Waals surface area contributed by atoms with Crippen LogP contribution < -0.4 is 10.1 Å². The van der Waals surface area contributed by atoms with Gasteiger partial charge in [-0.15, -0.1) is 0 Å². The maximum absolute atomic E-state index is 12.6. The van der Waals surface area contributed by atoms with Crippen LogP contribution in [0.2, 0.25) is 0 Å². The molecule has 0 unspecified atom stereocenters. The molecule has 0 aliphatic carbocycles. The van der Waals surface area contributed by atoms with Gasteiger partial charge in [0.1, 0.15) is 5.75 Å². The van der Waals surface area contributed by atoms with Crippen LogP contribution in [0.25, 0.3) is 10.9 Å². The third kappa shape index (κ3) is 2.82. The Morgan fingerprint density at radius 1 is 1.38 bits per heavy atom. The Bertz CT molecular complexity index is 756. The number of H-pyrrole nitrogens is 1. The minimum Gasteiger partial charge on any atom is -0.435 e. The van der Waals surface area contributed by atoms with E-state index in [4.69, 9.17) is 0 Å². The Kier molecular flexibility index (Phi) is 3.84. The number of halogens is 2. The highest BCUT2D eigenvalue weighted by Crippen LogP contribution is 2.28. The Morgan fingerprint density at radius 3 is 2.83 bits per heavy atom. The van der Waals surface area contributed by atoms with Crippen LogP contribution in [0.1, 0.15) is 23.3 Å². The molecule has 2 N–H and O–H groups in total. The average Bonchev–Trinajstić information content (AvgIpc) is 2.98. The van der Waals surface area contributed by atoms with Gasteiger partial charge in [-0.1, -0.05) is 0 Å². The van der Waals surface area contributed by atoms with Crippen LogP contribution in [0, 0.1) is 5.92 Å². The first-order chi connectivity index (χ1) is 11.6. The van der Waals surface area contributed by atoms with Gasteiger partial charge in [0, 0.05) is 18.0 Å². The van der Waals surface area contributed by atoms with Crippen LogP contribution in [0.4, 0.5) is 8.78 Å². The molecule has 0 spiro atoms. The monoisotopic (exact) mass is 336 g/mol. The number of rotatable bonds is 4. The molecule has 2 bridgehead atoms. The summed E-state index contributed by atoms with van der Waals surface area (Å²) in [7, 11) is 0. The lowest BCUT2D eigenvalue weighted by Crippen LogP contribution is -2.57. The lowest BCUT2D eigenvalue weighted by atomic mass is 9.84. The number of piperidine rings is 3. The lowest BCUT2D eigenvalue weighted by molar-refractivity contribution is -0.0497. The molecular weight excluding hydrogens is 318 g/mol. The zero-order valence-corrected chi connectivity index (χ0v) is 13.0. The molecule has 3 saturated heterocycles. The summed E-state index contributed by atoms with van der Waals surface area (Å²) in [6.07, 6.45) is 2.19. The fourth-order valence-corrected chi connectivity index (χ4v) is 3.71. The van der Waals surface area contributed by atoms with Crippen LogP contribution in [0.3, 0.4) is 0 Å². The van der Waals surface area contributed by atoms with Crippen molar-refractivity contribution in [2.24, 2.45) is 5.92 Å². The largest absolute Gasteiger partial charge is 0.435 e. The number of benzene rings is 1. The van der Waals surface area contributed by atoms with Gasteiger partial charge in [-0.25, -0.2) is 0 Å². The minimum atomic E-state index is -2.90. The van der Waals surface area contributed by atoms with Crippen molar-refractivity contribution in [2.75, 3.05) is 19.6 Å². The van der Waals surface area contributed by atoms with E-state index < -0.39 is 6.61 Å². The van der Waals surface area contributed by atoms with Gasteiger partial charge in [-0.05, 0) is 50.0 Å². The van der Waals surface area contributed by atoms with Crippen molar-refractivity contribution in [3.63, 3.8) is 0 Å². The number of nitrogens with one attached hydrogen (secondary N) is 2. The molecule has 1 atom stereocenters. The van der Waals surface area contributed by atoms with Crippen molar-refractivity contribution in [3.05, 3.63) is 23.9 Å². The van der Waals surface area contributed by atoms with Gasteiger partial charge in [-0.2, -0.15) is 13.9 Å². The molecule has 5 rings (SSSR count). The van der Waals surface area contributed by atoms with E-state index in [-0.39, 0.29) is 23.4 Å². The molecule has 3 fully saturated rings. The van der Waals surface area contributed by atoms with Crippen LogP contribution in [-0.2, 0) is 0 Å². The van der Waals surface area contributed by atoms with E-state index in [1.165, 1.54) is 12.1 Å². The summed E-state index contributed by atoms with van der Waals surface area (Å²) in [5.41, 5.74) is 0.817. The first-order valence-corrected chi connectivity index (χ1v) is 8.06. The molecule has 3 aliphatic heterocycles. The highest BCUT2D eigenvalue weighted by Gasteiger charge is 2.35. The quantitative estimate of drug-likeness (QED) is 0.896. The van der Waals surface area contributed by atoms with Crippen molar-refractivity contribution in [1.82, 2.24) is 20.4 Å². The van der Waals surface area contributed by atoms with Gasteiger partial charge in [0.05, 0.1) is 5.52 Å². The number of aromatic nitrogens is 2. The Hall–Kier alpha value is -2.22. The van der Waals surface area contributed by atoms with Gasteiger partial charge in [0.15, 0.2) is 5.69 Å². The number of hydrogen-bond acceptors (Lipinski definition) is 4. The molecule has 6 nitrogen and oxygen atoms in total. The summed E-state index contributed by atoms with van der Waals surface area (Å²) in [4.78, 5) is 14.9. The number of fused-ring (bicyclic) bond motifs is 4. The molecule has 0 saturated carbocycles. The molecular formula is C16H18F2N4O2. The summed E-state index contributed by atoms with van der Waals surface area (Å²) < 4.78 is 29.1. The maximum Gasteiger partial charge on any atom is 0.387 e. The van der Waals surface area contributed by atoms with Gasteiger partial charge in [0.25, 0.3) is 5.91 Å².